The highest BCUT2D eigenvalue weighted by molar-refractivity contribution is 8.18. The van der Waals surface area contributed by atoms with Crippen LogP contribution in [-0.4, -0.2) is 21.5 Å². The van der Waals surface area contributed by atoms with Gasteiger partial charge in [0.15, 0.2) is 4.20 Å². The van der Waals surface area contributed by atoms with Crippen LogP contribution in [0.2, 0.25) is 0 Å². The van der Waals surface area contributed by atoms with Crippen LogP contribution in [0.4, 0.5) is 8.78 Å². The minimum atomic E-state index is -1.38. The lowest BCUT2D eigenvalue weighted by molar-refractivity contribution is 0.543. The van der Waals surface area contributed by atoms with Gasteiger partial charge in [0.25, 0.3) is 0 Å². The molecule has 0 bridgehead atoms. The van der Waals surface area contributed by atoms with Crippen molar-refractivity contribution in [3.05, 3.63) is 35.4 Å². The number of nitrogens with zero attached hydrogens (tertiary/aromatic N) is 3. The number of fused-ring (bicyclic) bond motifs is 1. The summed E-state index contributed by atoms with van der Waals surface area (Å²) in [5.41, 5.74) is 3.60. The minimum absolute atomic E-state index is 0.0622. The zero-order valence-corrected chi connectivity index (χ0v) is 15.3. The lowest BCUT2D eigenvalue weighted by Crippen LogP contribution is -2.31. The van der Waals surface area contributed by atoms with E-state index in [0.29, 0.717) is 11.5 Å². The summed E-state index contributed by atoms with van der Waals surface area (Å²) in [6.07, 6.45) is 0. The molecule has 2 aliphatic rings. The average Bonchev–Trinajstić information content (AvgIpc) is 3.13. The summed E-state index contributed by atoms with van der Waals surface area (Å²) in [5.74, 6) is -0.865. The number of rotatable bonds is 5. The van der Waals surface area contributed by atoms with Gasteiger partial charge in [0, 0.05) is 12.0 Å². The molecule has 0 radical (unpaired) electrons. The van der Waals surface area contributed by atoms with Gasteiger partial charge in [0.2, 0.25) is 0 Å². The molecule has 1 fully saturated rings. The van der Waals surface area contributed by atoms with Crippen LogP contribution in [0.25, 0.3) is 0 Å². The van der Waals surface area contributed by atoms with Crippen LogP contribution in [0.3, 0.4) is 0 Å². The maximum atomic E-state index is 14.5. The minimum Gasteiger partial charge on any atom is -0.386 e. The van der Waals surface area contributed by atoms with Gasteiger partial charge in [-0.1, -0.05) is 19.9 Å². The standard InChI is InChI=1S/C17H16F2N4S2/c1-3-24-17(25-4-2)16(9-21)13(15(16,8-20)14(22)23-17)11-6-5-10(18)7-12(11)19/h5-7,13H,3-4H2,1-2H3,(H2,22,23). The van der Waals surface area contributed by atoms with Crippen LogP contribution in [0.5, 0.6) is 0 Å². The van der Waals surface area contributed by atoms with Gasteiger partial charge >= 0.3 is 0 Å². The molecular weight excluding hydrogens is 362 g/mol. The number of nitrogens with two attached hydrogens (primary N) is 1. The van der Waals surface area contributed by atoms with E-state index >= 15 is 0 Å². The summed E-state index contributed by atoms with van der Waals surface area (Å²) >= 11 is 2.87. The summed E-state index contributed by atoms with van der Waals surface area (Å²) in [6.45, 7) is 3.86. The topological polar surface area (TPSA) is 86.0 Å². The Morgan fingerprint density at radius 1 is 1.20 bits per heavy atom. The van der Waals surface area contributed by atoms with E-state index in [1.807, 2.05) is 13.8 Å². The Kier molecular flexibility index (Phi) is 4.25. The number of aliphatic imine (C=N–C) groups is 1. The quantitative estimate of drug-likeness (QED) is 0.791. The summed E-state index contributed by atoms with van der Waals surface area (Å²) in [5, 5.41) is 20.0. The van der Waals surface area contributed by atoms with Crippen LogP contribution in [-0.2, 0) is 0 Å². The Bertz CT molecular complexity index is 838. The predicted octanol–water partition coefficient (Wildman–Crippen LogP) is 3.61. The predicted molar refractivity (Wildman–Crippen MR) is 95.8 cm³/mol. The summed E-state index contributed by atoms with van der Waals surface area (Å²) in [7, 11) is 0. The van der Waals surface area contributed by atoms with Crippen LogP contribution in [0.1, 0.15) is 25.3 Å². The van der Waals surface area contributed by atoms with Crippen molar-refractivity contribution >= 4 is 29.4 Å². The van der Waals surface area contributed by atoms with Crippen molar-refractivity contribution in [2.45, 2.75) is 24.0 Å². The molecule has 0 spiro atoms. The first-order valence-electron chi connectivity index (χ1n) is 7.81. The first kappa shape index (κ1) is 18.0. The third kappa shape index (κ3) is 1.95. The maximum absolute atomic E-state index is 14.5. The fourth-order valence-corrected chi connectivity index (χ4v) is 7.20. The van der Waals surface area contributed by atoms with Gasteiger partial charge in [-0.05, 0) is 23.1 Å². The van der Waals surface area contributed by atoms with Gasteiger partial charge in [-0.15, -0.1) is 23.5 Å². The molecule has 1 aliphatic carbocycles. The van der Waals surface area contributed by atoms with Crippen molar-refractivity contribution in [3.8, 4) is 12.1 Å². The summed E-state index contributed by atoms with van der Waals surface area (Å²) in [4.78, 5) is 4.52. The molecule has 25 heavy (non-hydrogen) atoms. The molecule has 1 aliphatic heterocycles. The molecule has 0 saturated heterocycles. The number of nitriles is 2. The Morgan fingerprint density at radius 2 is 1.84 bits per heavy atom. The van der Waals surface area contributed by atoms with E-state index in [2.05, 4.69) is 17.1 Å². The van der Waals surface area contributed by atoms with Crippen LogP contribution < -0.4 is 5.73 Å². The number of thioether (sulfide) groups is 2. The third-order valence-corrected chi connectivity index (χ3v) is 7.77. The van der Waals surface area contributed by atoms with E-state index in [9.17, 15) is 19.3 Å². The van der Waals surface area contributed by atoms with Gasteiger partial charge in [-0.3, -0.25) is 0 Å². The van der Waals surface area contributed by atoms with Crippen molar-refractivity contribution in [3.63, 3.8) is 0 Å². The second-order valence-electron chi connectivity index (χ2n) is 5.88. The van der Waals surface area contributed by atoms with E-state index in [4.69, 9.17) is 5.73 Å². The molecule has 0 amide bonds. The Morgan fingerprint density at radius 3 is 2.32 bits per heavy atom. The number of hydrogen-bond donors (Lipinski definition) is 1. The Hall–Kier alpha value is -1.77. The molecule has 1 aromatic carbocycles. The second kappa shape index (κ2) is 5.89. The normalized spacial score (nSPS) is 31.6. The second-order valence-corrected chi connectivity index (χ2v) is 9.06. The molecule has 1 aromatic rings. The summed E-state index contributed by atoms with van der Waals surface area (Å²) in [6, 6.07) is 7.63. The van der Waals surface area contributed by atoms with Crippen molar-refractivity contribution in [2.24, 2.45) is 21.6 Å². The monoisotopic (exact) mass is 378 g/mol. The number of benzene rings is 1. The zero-order valence-electron chi connectivity index (χ0n) is 13.7. The fourth-order valence-electron chi connectivity index (χ4n) is 3.95. The van der Waals surface area contributed by atoms with Crippen LogP contribution in [0, 0.1) is 45.1 Å². The van der Waals surface area contributed by atoms with E-state index in [0.717, 1.165) is 12.1 Å². The first-order chi connectivity index (χ1) is 11.9. The Balaban J connectivity index is 2.25. The van der Waals surface area contributed by atoms with Gasteiger partial charge < -0.3 is 5.73 Å². The molecule has 1 heterocycles. The van der Waals surface area contributed by atoms with Gasteiger partial charge in [-0.2, -0.15) is 10.5 Å². The zero-order chi connectivity index (χ0) is 18.5. The van der Waals surface area contributed by atoms with E-state index in [1.54, 1.807) is 0 Å². The highest BCUT2D eigenvalue weighted by atomic mass is 32.2. The van der Waals surface area contributed by atoms with Crippen molar-refractivity contribution in [1.29, 1.82) is 10.5 Å². The van der Waals surface area contributed by atoms with Crippen molar-refractivity contribution in [1.82, 2.24) is 0 Å². The molecule has 4 nitrogen and oxygen atoms in total. The molecule has 3 atom stereocenters. The third-order valence-electron chi connectivity index (χ3n) is 4.88. The van der Waals surface area contributed by atoms with Crippen LogP contribution >= 0.6 is 23.5 Å². The fraction of sp³-hybridized carbons (Fsp3) is 0.471. The summed E-state index contributed by atoms with van der Waals surface area (Å²) < 4.78 is 26.8. The van der Waals surface area contributed by atoms with Crippen molar-refractivity contribution < 1.29 is 8.78 Å². The average molecular weight is 378 g/mol. The highest BCUT2D eigenvalue weighted by Crippen LogP contribution is 2.85. The van der Waals surface area contributed by atoms with E-state index in [-0.39, 0.29) is 11.4 Å². The largest absolute Gasteiger partial charge is 0.386 e. The Labute approximate surface area is 153 Å². The molecular formula is C17H16F2N4S2. The number of hydrogen-bond acceptors (Lipinski definition) is 6. The molecule has 0 aromatic heterocycles. The van der Waals surface area contributed by atoms with Gasteiger partial charge in [0.05, 0.1) is 12.1 Å². The maximum Gasteiger partial charge on any atom is 0.175 e. The van der Waals surface area contributed by atoms with Crippen molar-refractivity contribution in [2.75, 3.05) is 11.5 Å². The molecule has 130 valence electrons. The molecule has 3 rings (SSSR count). The van der Waals surface area contributed by atoms with Crippen LogP contribution in [0.15, 0.2) is 23.2 Å². The lowest BCUT2D eigenvalue weighted by Gasteiger charge is -2.31. The smallest absolute Gasteiger partial charge is 0.175 e. The highest BCUT2D eigenvalue weighted by Gasteiger charge is 2.92. The molecule has 8 heteroatoms. The number of halogens is 2. The number of amidine groups is 1. The first-order valence-corrected chi connectivity index (χ1v) is 9.79. The molecule has 2 N–H and O–H groups in total. The van der Waals surface area contributed by atoms with E-state index in [1.165, 1.54) is 29.6 Å². The molecule has 3 unspecified atom stereocenters. The van der Waals surface area contributed by atoms with Gasteiger partial charge in [0.1, 0.15) is 28.3 Å². The SMILES string of the molecule is CCSC1(SCC)N=C(N)C2(C#N)C(c3ccc(F)cc3F)C12C#N. The lowest BCUT2D eigenvalue weighted by atomic mass is 9.97. The van der Waals surface area contributed by atoms with Gasteiger partial charge in [-0.25, -0.2) is 13.8 Å². The van der Waals surface area contributed by atoms with E-state index < -0.39 is 32.6 Å². The molecule has 1 saturated carbocycles.